The molecule has 0 saturated heterocycles. The van der Waals surface area contributed by atoms with E-state index in [0.29, 0.717) is 5.56 Å². The summed E-state index contributed by atoms with van der Waals surface area (Å²) in [5, 5.41) is 25.6. The second kappa shape index (κ2) is 12.3. The van der Waals surface area contributed by atoms with Crippen molar-refractivity contribution in [2.24, 2.45) is 11.5 Å². The summed E-state index contributed by atoms with van der Waals surface area (Å²) in [4.78, 5) is 74.1. The topological polar surface area (TPSA) is 247 Å². The lowest BCUT2D eigenvalue weighted by atomic mass is 10.0. The van der Waals surface area contributed by atoms with Gasteiger partial charge in [-0.05, 0) is 18.6 Å². The molecule has 4 atom stereocenters. The highest BCUT2D eigenvalue weighted by Gasteiger charge is 2.30. The number of aromatic nitrogens is 1. The molecule has 4 amide bonds. The molecule has 0 aliphatic heterocycles. The molecule has 10 N–H and O–H groups in total. The van der Waals surface area contributed by atoms with Crippen LogP contribution in [0.1, 0.15) is 25.3 Å². The van der Waals surface area contributed by atoms with Gasteiger partial charge in [-0.25, -0.2) is 4.79 Å². The van der Waals surface area contributed by atoms with Crippen molar-refractivity contribution in [2.75, 3.05) is 0 Å². The van der Waals surface area contributed by atoms with Crippen molar-refractivity contribution >= 4 is 46.5 Å². The highest BCUT2D eigenvalue weighted by atomic mass is 16.4. The van der Waals surface area contributed by atoms with E-state index in [0.717, 1.165) is 10.9 Å². The summed E-state index contributed by atoms with van der Waals surface area (Å²) in [6.07, 6.45) is 0.320. The van der Waals surface area contributed by atoms with Crippen LogP contribution in [0.25, 0.3) is 10.9 Å². The van der Waals surface area contributed by atoms with E-state index in [9.17, 15) is 28.8 Å². The number of hydrogen-bond acceptors (Lipinski definition) is 7. The van der Waals surface area contributed by atoms with Gasteiger partial charge in [0.05, 0.1) is 18.9 Å². The number of carboxylic acid groups (broad SMARTS) is 2. The van der Waals surface area contributed by atoms with E-state index in [1.165, 1.54) is 6.92 Å². The maximum absolute atomic E-state index is 13.0. The first-order valence-corrected chi connectivity index (χ1v) is 10.8. The number of nitrogens with one attached hydrogen (secondary N) is 4. The van der Waals surface area contributed by atoms with E-state index in [1.54, 1.807) is 18.3 Å². The van der Waals surface area contributed by atoms with Crippen molar-refractivity contribution in [2.45, 2.75) is 50.4 Å². The number of H-pyrrole nitrogens is 1. The molecule has 0 bridgehead atoms. The highest BCUT2D eigenvalue weighted by Crippen LogP contribution is 2.19. The van der Waals surface area contributed by atoms with E-state index in [-0.39, 0.29) is 6.42 Å². The average Bonchev–Trinajstić information content (AvgIpc) is 3.19. The van der Waals surface area contributed by atoms with Crippen molar-refractivity contribution in [3.8, 4) is 0 Å². The minimum Gasteiger partial charge on any atom is -0.481 e. The van der Waals surface area contributed by atoms with Crippen LogP contribution in [0.15, 0.2) is 30.5 Å². The summed E-state index contributed by atoms with van der Waals surface area (Å²) in [7, 11) is 0. The number of benzene rings is 1. The maximum atomic E-state index is 13.0. The first-order chi connectivity index (χ1) is 16.9. The van der Waals surface area contributed by atoms with Crippen molar-refractivity contribution < 1.29 is 39.0 Å². The number of para-hydroxylation sites is 1. The van der Waals surface area contributed by atoms with Crippen LogP contribution in [-0.2, 0) is 35.2 Å². The lowest BCUT2D eigenvalue weighted by molar-refractivity contribution is -0.147. The molecule has 0 aliphatic carbocycles. The van der Waals surface area contributed by atoms with Crippen LogP contribution in [0.4, 0.5) is 0 Å². The van der Waals surface area contributed by atoms with Crippen molar-refractivity contribution in [1.29, 1.82) is 0 Å². The molecule has 194 valence electrons. The van der Waals surface area contributed by atoms with Gasteiger partial charge in [-0.15, -0.1) is 0 Å². The van der Waals surface area contributed by atoms with Gasteiger partial charge < -0.3 is 42.6 Å². The molecule has 0 radical (unpaired) electrons. The Labute approximate surface area is 204 Å². The van der Waals surface area contributed by atoms with Crippen molar-refractivity contribution in [1.82, 2.24) is 20.9 Å². The molecule has 36 heavy (non-hydrogen) atoms. The van der Waals surface area contributed by atoms with Crippen LogP contribution < -0.4 is 27.4 Å². The Morgan fingerprint density at radius 1 is 0.917 bits per heavy atom. The lowest BCUT2D eigenvalue weighted by Crippen LogP contribution is -2.57. The number of aliphatic carboxylic acids is 2. The number of nitrogens with two attached hydrogens (primary N) is 2. The van der Waals surface area contributed by atoms with Crippen LogP contribution in [0.2, 0.25) is 0 Å². The molecule has 0 saturated carbocycles. The monoisotopic (exact) mass is 504 g/mol. The Morgan fingerprint density at radius 3 is 2.17 bits per heavy atom. The molecule has 0 spiro atoms. The summed E-state index contributed by atoms with van der Waals surface area (Å²) in [6, 6.07) is 1.69. The van der Waals surface area contributed by atoms with E-state index in [4.69, 9.17) is 21.7 Å². The Morgan fingerprint density at radius 2 is 1.56 bits per heavy atom. The second-order valence-electron chi connectivity index (χ2n) is 8.13. The Bertz CT molecular complexity index is 1160. The SMILES string of the molecule is CC(NC(=O)C(Cc1c[nH]c2ccccc12)NC(=O)C(N)CC(N)=O)C(=O)NC(CC(=O)O)C(=O)O. The number of primary amides is 1. The molecule has 4 unspecified atom stereocenters. The molecule has 0 fully saturated rings. The fraction of sp³-hybridized carbons (Fsp3) is 0.364. The molecule has 2 aromatic rings. The fourth-order valence-corrected chi connectivity index (χ4v) is 3.37. The van der Waals surface area contributed by atoms with Gasteiger partial charge in [-0.3, -0.25) is 24.0 Å². The third kappa shape index (κ3) is 7.80. The molecule has 14 heteroatoms. The molecule has 1 heterocycles. The summed E-state index contributed by atoms with van der Waals surface area (Å²) in [6.45, 7) is 1.26. The fourth-order valence-electron chi connectivity index (χ4n) is 3.37. The van der Waals surface area contributed by atoms with Crippen molar-refractivity contribution in [3.05, 3.63) is 36.0 Å². The third-order valence-corrected chi connectivity index (χ3v) is 5.24. The number of fused-ring (bicyclic) bond motifs is 1. The van der Waals surface area contributed by atoms with Gasteiger partial charge in [-0.2, -0.15) is 0 Å². The lowest BCUT2D eigenvalue weighted by Gasteiger charge is -2.23. The average molecular weight is 505 g/mol. The normalized spacial score (nSPS) is 14.2. The molecular weight excluding hydrogens is 476 g/mol. The summed E-state index contributed by atoms with van der Waals surface area (Å²) >= 11 is 0. The van der Waals surface area contributed by atoms with E-state index in [2.05, 4.69) is 15.6 Å². The molecule has 14 nitrogen and oxygen atoms in total. The minimum atomic E-state index is -1.71. The standard InChI is InChI=1S/C22H28N6O8/c1-10(19(32)28-16(22(35)36)8-18(30)31)26-21(34)15(27-20(33)13(23)7-17(24)29)6-11-9-25-14-5-3-2-4-12(11)14/h2-5,9-10,13,15-16,25H,6-8,23H2,1H3,(H2,24,29)(H,26,34)(H,27,33)(H,28,32)(H,30,31)(H,35,36). The number of aromatic amines is 1. The number of amides is 4. The van der Waals surface area contributed by atoms with Crippen molar-refractivity contribution in [3.63, 3.8) is 0 Å². The predicted octanol–water partition coefficient (Wildman–Crippen LogP) is -2.05. The van der Waals surface area contributed by atoms with Crippen LogP contribution >= 0.6 is 0 Å². The number of carbonyl (C=O) groups is 6. The molecule has 0 aliphatic rings. The Balaban J connectivity index is 2.19. The maximum Gasteiger partial charge on any atom is 0.326 e. The third-order valence-electron chi connectivity index (χ3n) is 5.24. The van der Waals surface area contributed by atoms with Gasteiger partial charge in [0, 0.05) is 23.5 Å². The van der Waals surface area contributed by atoms with Crippen LogP contribution in [-0.4, -0.2) is 74.9 Å². The Hall–Kier alpha value is -4.46. The van der Waals surface area contributed by atoms with Gasteiger partial charge >= 0.3 is 11.9 Å². The zero-order valence-electron chi connectivity index (χ0n) is 19.3. The number of carboxylic acids is 2. The summed E-state index contributed by atoms with van der Waals surface area (Å²) < 4.78 is 0. The summed E-state index contributed by atoms with van der Waals surface area (Å²) in [5.74, 6) is -6.37. The van der Waals surface area contributed by atoms with E-state index < -0.39 is 72.6 Å². The van der Waals surface area contributed by atoms with Crippen LogP contribution in [0, 0.1) is 0 Å². The Kier molecular flexibility index (Phi) is 9.50. The quantitative estimate of drug-likeness (QED) is 0.149. The van der Waals surface area contributed by atoms with E-state index in [1.807, 2.05) is 17.4 Å². The first-order valence-electron chi connectivity index (χ1n) is 10.8. The zero-order chi connectivity index (χ0) is 27.0. The van der Waals surface area contributed by atoms with Gasteiger partial charge in [0.25, 0.3) is 0 Å². The molecule has 1 aromatic carbocycles. The number of hydrogen-bond donors (Lipinski definition) is 8. The second-order valence-corrected chi connectivity index (χ2v) is 8.13. The number of rotatable bonds is 13. The summed E-state index contributed by atoms with van der Waals surface area (Å²) in [5.41, 5.74) is 12.2. The molecule has 2 rings (SSSR count). The van der Waals surface area contributed by atoms with Gasteiger partial charge in [0.2, 0.25) is 23.6 Å². The smallest absolute Gasteiger partial charge is 0.326 e. The van der Waals surface area contributed by atoms with Gasteiger partial charge in [0.1, 0.15) is 18.1 Å². The first kappa shape index (κ1) is 27.8. The van der Waals surface area contributed by atoms with Crippen LogP contribution in [0.5, 0.6) is 0 Å². The molecule has 1 aromatic heterocycles. The van der Waals surface area contributed by atoms with Gasteiger partial charge in [-0.1, -0.05) is 18.2 Å². The highest BCUT2D eigenvalue weighted by molar-refractivity contribution is 5.96. The minimum absolute atomic E-state index is 0.0179. The number of carbonyl (C=O) groups excluding carboxylic acids is 4. The van der Waals surface area contributed by atoms with Crippen LogP contribution in [0.3, 0.4) is 0 Å². The zero-order valence-corrected chi connectivity index (χ0v) is 19.3. The predicted molar refractivity (Wildman–Crippen MR) is 125 cm³/mol. The largest absolute Gasteiger partial charge is 0.481 e. The van der Waals surface area contributed by atoms with E-state index >= 15 is 0 Å². The van der Waals surface area contributed by atoms with Gasteiger partial charge in [0.15, 0.2) is 0 Å². The molecular formula is C22H28N6O8.